The van der Waals surface area contributed by atoms with Crippen molar-refractivity contribution in [2.75, 3.05) is 0 Å². The van der Waals surface area contributed by atoms with E-state index in [1.807, 2.05) is 34.9 Å². The number of pyridine rings is 1. The summed E-state index contributed by atoms with van der Waals surface area (Å²) in [6, 6.07) is 7.60. The Morgan fingerprint density at radius 3 is 2.88 bits per heavy atom. The largest absolute Gasteiger partial charge is 0.306 e. The molecule has 1 aromatic carbocycles. The number of fused-ring (bicyclic) bond motifs is 3. The minimum atomic E-state index is -0.0381. The Morgan fingerprint density at radius 2 is 2.12 bits per heavy atom. The minimum absolute atomic E-state index is 0.0381. The summed E-state index contributed by atoms with van der Waals surface area (Å²) in [5, 5.41) is 2.59. The smallest absolute Gasteiger partial charge is 0.179 e. The van der Waals surface area contributed by atoms with E-state index >= 15 is 0 Å². The Hall–Kier alpha value is -1.87. The van der Waals surface area contributed by atoms with Gasteiger partial charge in [0.15, 0.2) is 5.78 Å². The Labute approximate surface area is 103 Å². The SMILES string of the molecule is CC(=O)c1cn2ccc3c(Cl)cccc3c2n1. The van der Waals surface area contributed by atoms with Crippen LogP contribution >= 0.6 is 11.6 Å². The van der Waals surface area contributed by atoms with Gasteiger partial charge in [-0.3, -0.25) is 4.79 Å². The van der Waals surface area contributed by atoms with Gasteiger partial charge in [-0.15, -0.1) is 0 Å². The summed E-state index contributed by atoms with van der Waals surface area (Å²) in [5.74, 6) is -0.0381. The summed E-state index contributed by atoms with van der Waals surface area (Å²) in [6.45, 7) is 1.51. The van der Waals surface area contributed by atoms with Gasteiger partial charge in [-0.2, -0.15) is 0 Å². The average molecular weight is 245 g/mol. The molecule has 2 aromatic heterocycles. The lowest BCUT2D eigenvalue weighted by Gasteiger charge is -2.01. The van der Waals surface area contributed by atoms with Gasteiger partial charge in [0.25, 0.3) is 0 Å². The molecule has 0 amide bonds. The van der Waals surface area contributed by atoms with Gasteiger partial charge in [-0.1, -0.05) is 23.7 Å². The molecular weight excluding hydrogens is 236 g/mol. The number of imidazole rings is 1. The number of hydrogen-bond acceptors (Lipinski definition) is 2. The second-order valence-corrected chi connectivity index (χ2v) is 4.34. The van der Waals surface area contributed by atoms with Crippen molar-refractivity contribution >= 4 is 33.8 Å². The van der Waals surface area contributed by atoms with Crippen molar-refractivity contribution in [1.82, 2.24) is 9.38 Å². The third-order valence-electron chi connectivity index (χ3n) is 2.79. The molecule has 0 bridgehead atoms. The molecule has 17 heavy (non-hydrogen) atoms. The van der Waals surface area contributed by atoms with Crippen LogP contribution in [-0.4, -0.2) is 15.2 Å². The van der Waals surface area contributed by atoms with E-state index in [1.165, 1.54) is 6.92 Å². The maximum atomic E-state index is 11.3. The number of carbonyl (C=O) groups excluding carboxylic acids is 1. The van der Waals surface area contributed by atoms with Crippen molar-refractivity contribution in [3.63, 3.8) is 0 Å². The normalized spacial score (nSPS) is 11.2. The lowest BCUT2D eigenvalue weighted by atomic mass is 10.2. The topological polar surface area (TPSA) is 34.4 Å². The van der Waals surface area contributed by atoms with E-state index < -0.39 is 0 Å². The molecule has 0 saturated carbocycles. The fourth-order valence-electron chi connectivity index (χ4n) is 1.93. The van der Waals surface area contributed by atoms with Gasteiger partial charge in [0.1, 0.15) is 11.3 Å². The lowest BCUT2D eigenvalue weighted by Crippen LogP contribution is -1.90. The van der Waals surface area contributed by atoms with Crippen molar-refractivity contribution in [1.29, 1.82) is 0 Å². The van der Waals surface area contributed by atoms with Gasteiger partial charge in [0.05, 0.1) is 0 Å². The number of rotatable bonds is 1. The molecule has 0 aliphatic heterocycles. The maximum absolute atomic E-state index is 11.3. The summed E-state index contributed by atoms with van der Waals surface area (Å²) in [5.41, 5.74) is 1.23. The third-order valence-corrected chi connectivity index (χ3v) is 3.12. The first-order valence-electron chi connectivity index (χ1n) is 5.24. The summed E-state index contributed by atoms with van der Waals surface area (Å²) < 4.78 is 1.84. The Bertz CT molecular complexity index is 746. The van der Waals surface area contributed by atoms with E-state index in [0.717, 1.165) is 16.4 Å². The van der Waals surface area contributed by atoms with E-state index in [-0.39, 0.29) is 5.78 Å². The predicted molar refractivity (Wildman–Crippen MR) is 67.7 cm³/mol. The number of hydrogen-bond donors (Lipinski definition) is 0. The predicted octanol–water partition coefficient (Wildman–Crippen LogP) is 3.34. The van der Waals surface area contributed by atoms with Gasteiger partial charge in [0, 0.05) is 35.1 Å². The fourth-order valence-corrected chi connectivity index (χ4v) is 2.17. The second kappa shape index (κ2) is 3.57. The maximum Gasteiger partial charge on any atom is 0.179 e. The molecule has 3 aromatic rings. The number of benzene rings is 1. The third kappa shape index (κ3) is 1.51. The van der Waals surface area contributed by atoms with Crippen molar-refractivity contribution in [2.24, 2.45) is 0 Å². The first kappa shape index (κ1) is 10.3. The fraction of sp³-hybridized carbons (Fsp3) is 0.0769. The molecule has 0 spiro atoms. The monoisotopic (exact) mass is 244 g/mol. The molecule has 0 radical (unpaired) electrons. The molecule has 0 saturated heterocycles. The molecule has 3 rings (SSSR count). The van der Waals surface area contributed by atoms with Crippen LogP contribution in [0.15, 0.2) is 36.7 Å². The van der Waals surface area contributed by atoms with Gasteiger partial charge in [-0.25, -0.2) is 4.98 Å². The first-order valence-corrected chi connectivity index (χ1v) is 5.61. The highest BCUT2D eigenvalue weighted by Gasteiger charge is 2.09. The molecule has 0 atom stereocenters. The lowest BCUT2D eigenvalue weighted by molar-refractivity contribution is 0.101. The van der Waals surface area contributed by atoms with E-state index in [9.17, 15) is 4.79 Å². The average Bonchev–Trinajstić information content (AvgIpc) is 2.73. The summed E-state index contributed by atoms with van der Waals surface area (Å²) in [4.78, 5) is 15.7. The van der Waals surface area contributed by atoms with Crippen LogP contribution < -0.4 is 0 Å². The second-order valence-electron chi connectivity index (χ2n) is 3.93. The van der Waals surface area contributed by atoms with Crippen LogP contribution in [0.4, 0.5) is 0 Å². The molecule has 0 fully saturated rings. The highest BCUT2D eigenvalue weighted by atomic mass is 35.5. The summed E-state index contributed by atoms with van der Waals surface area (Å²) in [7, 11) is 0. The summed E-state index contributed by atoms with van der Waals surface area (Å²) in [6.07, 6.45) is 3.60. The van der Waals surface area contributed by atoms with Gasteiger partial charge in [-0.05, 0) is 12.1 Å². The number of aromatic nitrogens is 2. The Balaban J connectivity index is 2.47. The van der Waals surface area contributed by atoms with E-state index in [1.54, 1.807) is 6.20 Å². The zero-order valence-electron chi connectivity index (χ0n) is 9.14. The number of nitrogens with zero attached hydrogens (tertiary/aromatic N) is 2. The van der Waals surface area contributed by atoms with Crippen LogP contribution in [0.2, 0.25) is 5.02 Å². The summed E-state index contributed by atoms with van der Waals surface area (Å²) >= 11 is 6.12. The van der Waals surface area contributed by atoms with Crippen molar-refractivity contribution in [2.45, 2.75) is 6.92 Å². The number of Topliss-reactive ketones (excluding diaryl/α,β-unsaturated/α-hetero) is 1. The van der Waals surface area contributed by atoms with Crippen molar-refractivity contribution in [3.8, 4) is 0 Å². The highest BCUT2D eigenvalue weighted by Crippen LogP contribution is 2.26. The van der Waals surface area contributed by atoms with Crippen LogP contribution in [-0.2, 0) is 0 Å². The first-order chi connectivity index (χ1) is 8.16. The Kier molecular flexibility index (Phi) is 2.16. The molecule has 0 unspecified atom stereocenters. The van der Waals surface area contributed by atoms with E-state index in [4.69, 9.17) is 11.6 Å². The number of carbonyl (C=O) groups is 1. The minimum Gasteiger partial charge on any atom is -0.306 e. The highest BCUT2D eigenvalue weighted by molar-refractivity contribution is 6.35. The molecular formula is C13H9ClN2O. The molecule has 4 heteroatoms. The van der Waals surface area contributed by atoms with Crippen LogP contribution in [0, 0.1) is 0 Å². The van der Waals surface area contributed by atoms with E-state index in [2.05, 4.69) is 4.98 Å². The molecule has 3 nitrogen and oxygen atoms in total. The Morgan fingerprint density at radius 1 is 1.29 bits per heavy atom. The molecule has 0 aliphatic rings. The van der Waals surface area contributed by atoms with Crippen LogP contribution in [0.3, 0.4) is 0 Å². The zero-order valence-corrected chi connectivity index (χ0v) is 9.90. The van der Waals surface area contributed by atoms with Gasteiger partial charge >= 0.3 is 0 Å². The van der Waals surface area contributed by atoms with Gasteiger partial charge in [0.2, 0.25) is 0 Å². The number of halogens is 1. The zero-order chi connectivity index (χ0) is 12.0. The molecule has 0 aliphatic carbocycles. The van der Waals surface area contributed by atoms with Gasteiger partial charge < -0.3 is 4.40 Å². The van der Waals surface area contributed by atoms with E-state index in [0.29, 0.717) is 10.7 Å². The quantitative estimate of drug-likeness (QED) is 0.616. The van der Waals surface area contributed by atoms with Crippen LogP contribution in [0.25, 0.3) is 16.4 Å². The molecule has 2 heterocycles. The standard InChI is InChI=1S/C13H9ClN2O/c1-8(17)12-7-16-6-5-9-10(13(16)15-12)3-2-4-11(9)14/h2-7H,1H3. The van der Waals surface area contributed by atoms with Crippen LogP contribution in [0.5, 0.6) is 0 Å². The van der Waals surface area contributed by atoms with Crippen LogP contribution in [0.1, 0.15) is 17.4 Å². The molecule has 84 valence electrons. The number of ketones is 1. The van der Waals surface area contributed by atoms with Crippen molar-refractivity contribution in [3.05, 3.63) is 47.4 Å². The van der Waals surface area contributed by atoms with Crippen molar-refractivity contribution < 1.29 is 4.79 Å². The molecule has 0 N–H and O–H groups in total.